The number of imidazole rings is 1. The van der Waals surface area contributed by atoms with E-state index in [0.29, 0.717) is 11.5 Å². The third kappa shape index (κ3) is 3.46. The quantitative estimate of drug-likeness (QED) is 0.421. The number of benzene rings is 2. The molecule has 3 N–H and O–H groups in total. The first-order chi connectivity index (χ1) is 16.1. The number of nitrogens with one attached hydrogen (secondary N) is 1. The minimum absolute atomic E-state index is 0.121. The summed E-state index contributed by atoms with van der Waals surface area (Å²) in [7, 11) is 0. The van der Waals surface area contributed by atoms with Gasteiger partial charge in [-0.15, -0.1) is 11.0 Å². The molecule has 8 heteroatoms. The van der Waals surface area contributed by atoms with E-state index >= 15 is 0 Å². The lowest BCUT2D eigenvalue weighted by Crippen LogP contribution is -2.29. The number of carbonyl (C=O) groups excluding carboxylic acids is 1. The summed E-state index contributed by atoms with van der Waals surface area (Å²) < 4.78 is 3.53. The Kier molecular flexibility index (Phi) is 4.99. The van der Waals surface area contributed by atoms with Crippen molar-refractivity contribution in [2.75, 3.05) is 5.73 Å². The van der Waals surface area contributed by atoms with E-state index in [9.17, 15) is 4.79 Å². The van der Waals surface area contributed by atoms with Crippen LogP contribution in [0.4, 0.5) is 5.82 Å². The Bertz CT molecular complexity index is 1550. The summed E-state index contributed by atoms with van der Waals surface area (Å²) >= 11 is 0. The largest absolute Gasteiger partial charge is 0.381 e. The van der Waals surface area contributed by atoms with E-state index in [2.05, 4.69) is 27.2 Å². The Morgan fingerprint density at radius 2 is 1.94 bits per heavy atom. The van der Waals surface area contributed by atoms with Crippen molar-refractivity contribution < 1.29 is 4.79 Å². The molecule has 1 atom stereocenters. The number of fused-ring (bicyclic) bond motifs is 2. The SMILES string of the molecule is CC#Cc1cccc2nc(C(C)NC(=O)c3c(N)nn4cccnc34)n(-c3ccccc3)c12. The van der Waals surface area contributed by atoms with E-state index in [4.69, 9.17) is 10.7 Å². The van der Waals surface area contributed by atoms with Gasteiger partial charge in [-0.3, -0.25) is 9.36 Å². The maximum atomic E-state index is 13.2. The molecular formula is C25H21N7O. The Labute approximate surface area is 190 Å². The van der Waals surface area contributed by atoms with Crippen molar-refractivity contribution in [2.45, 2.75) is 19.9 Å². The van der Waals surface area contributed by atoms with Gasteiger partial charge in [0, 0.05) is 18.1 Å². The molecule has 0 fully saturated rings. The van der Waals surface area contributed by atoms with Crippen molar-refractivity contribution in [1.82, 2.24) is 29.5 Å². The molecule has 0 saturated carbocycles. The molecule has 0 bridgehead atoms. The van der Waals surface area contributed by atoms with Gasteiger partial charge in [-0.2, -0.15) is 0 Å². The second-order valence-electron chi connectivity index (χ2n) is 7.53. The first-order valence-corrected chi connectivity index (χ1v) is 10.5. The van der Waals surface area contributed by atoms with E-state index in [1.165, 1.54) is 4.52 Å². The Balaban J connectivity index is 1.62. The number of para-hydroxylation sites is 2. The summed E-state index contributed by atoms with van der Waals surface area (Å²) in [4.78, 5) is 22.3. The van der Waals surface area contributed by atoms with Gasteiger partial charge in [0.15, 0.2) is 11.5 Å². The lowest BCUT2D eigenvalue weighted by molar-refractivity contribution is 0.0940. The minimum Gasteiger partial charge on any atom is -0.381 e. The lowest BCUT2D eigenvalue weighted by atomic mass is 10.1. The molecule has 5 rings (SSSR count). The molecule has 0 aliphatic heterocycles. The van der Waals surface area contributed by atoms with Crippen LogP contribution in [0.25, 0.3) is 22.4 Å². The fourth-order valence-electron chi connectivity index (χ4n) is 3.96. The predicted octanol–water partition coefficient (Wildman–Crippen LogP) is 3.51. The molecule has 162 valence electrons. The van der Waals surface area contributed by atoms with Crippen LogP contribution in [0, 0.1) is 11.8 Å². The van der Waals surface area contributed by atoms with Crippen LogP contribution in [-0.4, -0.2) is 30.1 Å². The zero-order chi connectivity index (χ0) is 22.9. The number of carbonyl (C=O) groups is 1. The first kappa shape index (κ1) is 20.3. The van der Waals surface area contributed by atoms with Gasteiger partial charge in [-0.25, -0.2) is 14.5 Å². The van der Waals surface area contributed by atoms with Crippen molar-refractivity contribution in [1.29, 1.82) is 0 Å². The normalized spacial score (nSPS) is 11.8. The fourth-order valence-corrected chi connectivity index (χ4v) is 3.96. The van der Waals surface area contributed by atoms with Gasteiger partial charge >= 0.3 is 0 Å². The number of nitrogens with two attached hydrogens (primary N) is 1. The molecule has 5 aromatic rings. The third-order valence-corrected chi connectivity index (χ3v) is 5.36. The summed E-state index contributed by atoms with van der Waals surface area (Å²) in [6, 6.07) is 17.0. The number of amides is 1. The van der Waals surface area contributed by atoms with Gasteiger partial charge in [0.2, 0.25) is 0 Å². The second kappa shape index (κ2) is 8.13. The highest BCUT2D eigenvalue weighted by molar-refractivity contribution is 6.04. The summed E-state index contributed by atoms with van der Waals surface area (Å²) in [6.07, 6.45) is 3.30. The summed E-state index contributed by atoms with van der Waals surface area (Å²) in [5.74, 6) is 6.58. The Morgan fingerprint density at radius 3 is 2.73 bits per heavy atom. The molecule has 3 heterocycles. The maximum absolute atomic E-state index is 13.2. The van der Waals surface area contributed by atoms with E-state index < -0.39 is 6.04 Å². The third-order valence-electron chi connectivity index (χ3n) is 5.36. The summed E-state index contributed by atoms with van der Waals surface area (Å²) in [5, 5.41) is 7.20. The van der Waals surface area contributed by atoms with Gasteiger partial charge in [0.05, 0.1) is 22.6 Å². The summed E-state index contributed by atoms with van der Waals surface area (Å²) in [5.41, 5.74) is 10.2. The van der Waals surface area contributed by atoms with E-state index in [-0.39, 0.29) is 17.3 Å². The Morgan fingerprint density at radius 1 is 1.12 bits per heavy atom. The number of rotatable bonds is 4. The van der Waals surface area contributed by atoms with Crippen molar-refractivity contribution >= 4 is 28.4 Å². The molecule has 1 amide bonds. The molecule has 1 unspecified atom stereocenters. The molecule has 33 heavy (non-hydrogen) atoms. The maximum Gasteiger partial charge on any atom is 0.259 e. The number of nitrogens with zero attached hydrogens (tertiary/aromatic N) is 5. The van der Waals surface area contributed by atoms with Crippen molar-refractivity contribution in [2.24, 2.45) is 0 Å². The predicted molar refractivity (Wildman–Crippen MR) is 127 cm³/mol. The minimum atomic E-state index is -0.439. The van der Waals surface area contributed by atoms with Crippen LogP contribution in [0.3, 0.4) is 0 Å². The van der Waals surface area contributed by atoms with Crippen LogP contribution in [-0.2, 0) is 0 Å². The highest BCUT2D eigenvalue weighted by atomic mass is 16.1. The van der Waals surface area contributed by atoms with Crippen molar-refractivity contribution in [3.05, 3.63) is 83.9 Å². The van der Waals surface area contributed by atoms with Crippen LogP contribution in [0.2, 0.25) is 0 Å². The summed E-state index contributed by atoms with van der Waals surface area (Å²) in [6.45, 7) is 3.69. The number of hydrogen-bond acceptors (Lipinski definition) is 5. The van der Waals surface area contributed by atoms with Gasteiger partial charge in [0.25, 0.3) is 5.91 Å². The van der Waals surface area contributed by atoms with Crippen LogP contribution < -0.4 is 11.1 Å². The zero-order valence-corrected chi connectivity index (χ0v) is 18.1. The average Bonchev–Trinajstić information content (AvgIpc) is 3.38. The second-order valence-corrected chi connectivity index (χ2v) is 7.53. The molecule has 8 nitrogen and oxygen atoms in total. The molecule has 0 saturated heterocycles. The van der Waals surface area contributed by atoms with Gasteiger partial charge in [-0.05, 0) is 44.2 Å². The first-order valence-electron chi connectivity index (χ1n) is 10.5. The Hall–Kier alpha value is -4.64. The molecule has 0 radical (unpaired) electrons. The highest BCUT2D eigenvalue weighted by Gasteiger charge is 2.25. The van der Waals surface area contributed by atoms with E-state index in [0.717, 1.165) is 22.3 Å². The topological polar surface area (TPSA) is 103 Å². The fraction of sp³-hybridized carbons (Fsp3) is 0.120. The number of hydrogen-bond donors (Lipinski definition) is 2. The van der Waals surface area contributed by atoms with E-state index in [1.54, 1.807) is 25.4 Å². The lowest BCUT2D eigenvalue weighted by Gasteiger charge is -2.16. The number of anilines is 1. The van der Waals surface area contributed by atoms with Gasteiger partial charge in [-0.1, -0.05) is 30.2 Å². The number of aromatic nitrogens is 5. The molecule has 0 aliphatic carbocycles. The average molecular weight is 435 g/mol. The van der Waals surface area contributed by atoms with Gasteiger partial charge in [0.1, 0.15) is 11.4 Å². The van der Waals surface area contributed by atoms with Crippen LogP contribution in [0.15, 0.2) is 67.0 Å². The zero-order valence-electron chi connectivity index (χ0n) is 18.1. The molecule has 2 aromatic carbocycles. The van der Waals surface area contributed by atoms with Gasteiger partial charge < -0.3 is 11.1 Å². The molecule has 0 spiro atoms. The number of nitrogen functional groups attached to an aromatic ring is 1. The highest BCUT2D eigenvalue weighted by Crippen LogP contribution is 2.28. The molecule has 3 aromatic heterocycles. The van der Waals surface area contributed by atoms with Crippen LogP contribution >= 0.6 is 0 Å². The van der Waals surface area contributed by atoms with Crippen molar-refractivity contribution in [3.8, 4) is 17.5 Å². The van der Waals surface area contributed by atoms with Crippen LogP contribution in [0.1, 0.15) is 41.6 Å². The monoisotopic (exact) mass is 435 g/mol. The van der Waals surface area contributed by atoms with Crippen molar-refractivity contribution in [3.63, 3.8) is 0 Å². The molecular weight excluding hydrogens is 414 g/mol. The van der Waals surface area contributed by atoms with Crippen LogP contribution in [0.5, 0.6) is 0 Å². The molecule has 0 aliphatic rings. The smallest absolute Gasteiger partial charge is 0.259 e. The van der Waals surface area contributed by atoms with E-state index in [1.807, 2.05) is 60.0 Å². The standard InChI is InChI=1S/C25H21N7O/c1-3-9-17-10-7-13-19-21(17)32(18-11-5-4-6-12-18)23(29-19)16(2)28-25(33)20-22(26)30-31-15-8-14-27-24(20)31/h4-8,10-16H,1-2H3,(H2,26,30)(H,28,33).